The van der Waals surface area contributed by atoms with Gasteiger partial charge in [0.05, 0.1) is 17.4 Å². The minimum Gasteiger partial charge on any atom is -0.478 e. The maximum atomic E-state index is 12.2. The van der Waals surface area contributed by atoms with Gasteiger partial charge < -0.3 is 10.0 Å². The van der Waals surface area contributed by atoms with Crippen LogP contribution in [0.15, 0.2) is 16.9 Å². The molecule has 0 aromatic carbocycles. The third kappa shape index (κ3) is 2.97. The normalized spacial score (nSPS) is 11.2. The van der Waals surface area contributed by atoms with E-state index in [2.05, 4.69) is 20.9 Å². The summed E-state index contributed by atoms with van der Waals surface area (Å²) in [6.07, 6.45) is -4.21. The van der Waals surface area contributed by atoms with Crippen LogP contribution < -0.4 is 4.90 Å². The summed E-state index contributed by atoms with van der Waals surface area (Å²) < 4.78 is 36.8. The van der Waals surface area contributed by atoms with E-state index >= 15 is 0 Å². The molecule has 1 rings (SSSR count). The predicted octanol–water partition coefficient (Wildman–Crippen LogP) is 2.07. The first kappa shape index (κ1) is 14.4. The second-order valence-corrected chi connectivity index (χ2v) is 4.00. The molecule has 0 atom stereocenters. The lowest BCUT2D eigenvalue weighted by atomic mass is 10.2. The summed E-state index contributed by atoms with van der Waals surface area (Å²) in [5, 5.41) is 8.86. The number of halogens is 4. The van der Waals surface area contributed by atoms with E-state index in [1.807, 2.05) is 0 Å². The minimum absolute atomic E-state index is 0.136. The van der Waals surface area contributed by atoms with Crippen LogP contribution in [0, 0.1) is 0 Å². The van der Waals surface area contributed by atoms with Crippen molar-refractivity contribution < 1.29 is 27.9 Å². The Morgan fingerprint density at radius 3 is 2.44 bits per heavy atom. The summed E-state index contributed by atoms with van der Waals surface area (Å²) in [4.78, 5) is 25.7. The highest BCUT2D eigenvalue weighted by Crippen LogP contribution is 2.26. The maximum Gasteiger partial charge on any atom is 0.471 e. The lowest BCUT2D eigenvalue weighted by molar-refractivity contribution is -0.170. The van der Waals surface area contributed by atoms with Crippen molar-refractivity contribution in [1.29, 1.82) is 0 Å². The molecule has 1 heterocycles. The van der Waals surface area contributed by atoms with Crippen molar-refractivity contribution in [2.45, 2.75) is 6.18 Å². The molecule has 1 amide bonds. The molecule has 0 fully saturated rings. The molecule has 0 aliphatic rings. The van der Waals surface area contributed by atoms with E-state index in [0.717, 1.165) is 19.3 Å². The first-order valence-electron chi connectivity index (χ1n) is 4.38. The molecule has 98 valence electrons. The largest absolute Gasteiger partial charge is 0.478 e. The van der Waals surface area contributed by atoms with Crippen molar-refractivity contribution in [2.24, 2.45) is 0 Å². The molecule has 0 aliphatic heterocycles. The molecular weight excluding hydrogens is 321 g/mol. The Morgan fingerprint density at radius 1 is 1.44 bits per heavy atom. The second kappa shape index (κ2) is 4.92. The lowest BCUT2D eigenvalue weighted by Crippen LogP contribution is -2.39. The molecule has 1 aromatic heterocycles. The van der Waals surface area contributed by atoms with Gasteiger partial charge in [-0.3, -0.25) is 4.79 Å². The Bertz CT molecular complexity index is 504. The van der Waals surface area contributed by atoms with Gasteiger partial charge in [0.1, 0.15) is 4.60 Å². The predicted molar refractivity (Wildman–Crippen MR) is 58.4 cm³/mol. The zero-order chi connectivity index (χ0) is 14.1. The van der Waals surface area contributed by atoms with Crippen molar-refractivity contribution in [3.8, 4) is 0 Å². The second-order valence-electron chi connectivity index (χ2n) is 3.19. The van der Waals surface area contributed by atoms with Crippen molar-refractivity contribution in [1.82, 2.24) is 4.98 Å². The zero-order valence-corrected chi connectivity index (χ0v) is 10.4. The van der Waals surface area contributed by atoms with Crippen molar-refractivity contribution >= 4 is 33.5 Å². The molecule has 5 nitrogen and oxygen atoms in total. The number of hydrogen-bond donors (Lipinski definition) is 1. The number of aromatic nitrogens is 1. The number of hydrogen-bond acceptors (Lipinski definition) is 3. The Kier molecular flexibility index (Phi) is 3.95. The smallest absolute Gasteiger partial charge is 0.471 e. The number of alkyl halides is 3. The van der Waals surface area contributed by atoms with Crippen LogP contribution in [0.5, 0.6) is 0 Å². The van der Waals surface area contributed by atoms with E-state index in [9.17, 15) is 22.8 Å². The Balaban J connectivity index is 3.25. The van der Waals surface area contributed by atoms with Gasteiger partial charge in [-0.15, -0.1) is 0 Å². The van der Waals surface area contributed by atoms with Crippen molar-refractivity contribution in [2.75, 3.05) is 11.9 Å². The number of aromatic carboxylic acids is 1. The summed E-state index contributed by atoms with van der Waals surface area (Å²) >= 11 is 2.89. The molecule has 0 spiro atoms. The first-order valence-corrected chi connectivity index (χ1v) is 5.17. The van der Waals surface area contributed by atoms with E-state index in [1.54, 1.807) is 0 Å². The average molecular weight is 327 g/mol. The monoisotopic (exact) mass is 326 g/mol. The van der Waals surface area contributed by atoms with Crippen molar-refractivity contribution in [3.63, 3.8) is 0 Å². The van der Waals surface area contributed by atoms with Crippen LogP contribution in [0.3, 0.4) is 0 Å². The Morgan fingerprint density at radius 2 is 2.00 bits per heavy atom. The topological polar surface area (TPSA) is 70.5 Å². The SMILES string of the molecule is CN(C(=O)C(F)(F)F)c1cnc(Br)cc1C(=O)O. The summed E-state index contributed by atoms with van der Waals surface area (Å²) in [7, 11) is 0.827. The number of amides is 1. The highest BCUT2D eigenvalue weighted by Gasteiger charge is 2.42. The number of rotatable bonds is 2. The fourth-order valence-electron chi connectivity index (χ4n) is 1.16. The van der Waals surface area contributed by atoms with E-state index < -0.39 is 29.3 Å². The minimum atomic E-state index is -5.09. The lowest BCUT2D eigenvalue weighted by Gasteiger charge is -2.20. The molecule has 18 heavy (non-hydrogen) atoms. The van der Waals surface area contributed by atoms with Crippen LogP contribution in [0.4, 0.5) is 18.9 Å². The van der Waals surface area contributed by atoms with E-state index in [1.165, 1.54) is 0 Å². The van der Waals surface area contributed by atoms with Crippen LogP contribution in [0.1, 0.15) is 10.4 Å². The van der Waals surface area contributed by atoms with Gasteiger partial charge in [-0.25, -0.2) is 9.78 Å². The molecule has 0 saturated heterocycles. The van der Waals surface area contributed by atoms with Crippen molar-refractivity contribution in [3.05, 3.63) is 22.4 Å². The summed E-state index contributed by atoms with van der Waals surface area (Å²) in [6.45, 7) is 0. The number of carbonyl (C=O) groups is 2. The van der Waals surface area contributed by atoms with Crippen LogP contribution in [-0.2, 0) is 4.79 Å². The van der Waals surface area contributed by atoms with Gasteiger partial charge in [-0.05, 0) is 22.0 Å². The van der Waals surface area contributed by atoms with Crippen LogP contribution in [0.25, 0.3) is 0 Å². The number of nitrogens with zero attached hydrogens (tertiary/aromatic N) is 2. The summed E-state index contributed by atoms with van der Waals surface area (Å²) in [5.74, 6) is -3.64. The zero-order valence-electron chi connectivity index (χ0n) is 8.82. The molecule has 0 saturated carbocycles. The first-order chi connectivity index (χ1) is 8.14. The van der Waals surface area contributed by atoms with Gasteiger partial charge in [0, 0.05) is 7.05 Å². The van der Waals surface area contributed by atoms with Crippen LogP contribution >= 0.6 is 15.9 Å². The number of carboxylic acid groups (broad SMARTS) is 1. The van der Waals surface area contributed by atoms with Gasteiger partial charge in [0.25, 0.3) is 0 Å². The van der Waals surface area contributed by atoms with Gasteiger partial charge in [-0.1, -0.05) is 0 Å². The highest BCUT2D eigenvalue weighted by molar-refractivity contribution is 9.10. The third-order valence-corrected chi connectivity index (χ3v) is 2.42. The number of anilines is 1. The Labute approximate surface area is 107 Å². The van der Waals surface area contributed by atoms with E-state index in [-0.39, 0.29) is 9.50 Å². The standard InChI is InChI=1S/C9H6BrF3N2O3/c1-15(8(18)9(11,12)13)5-3-14-6(10)2-4(5)7(16)17/h2-3H,1H3,(H,16,17). The molecule has 1 aromatic rings. The molecule has 9 heteroatoms. The fraction of sp³-hybridized carbons (Fsp3) is 0.222. The van der Waals surface area contributed by atoms with Gasteiger partial charge in [0.2, 0.25) is 0 Å². The molecule has 0 aliphatic carbocycles. The molecular formula is C9H6BrF3N2O3. The maximum absolute atomic E-state index is 12.2. The van der Waals surface area contributed by atoms with Gasteiger partial charge >= 0.3 is 18.1 Å². The highest BCUT2D eigenvalue weighted by atomic mass is 79.9. The van der Waals surface area contributed by atoms with Gasteiger partial charge in [-0.2, -0.15) is 13.2 Å². The number of carbonyl (C=O) groups excluding carboxylic acids is 1. The summed E-state index contributed by atoms with van der Waals surface area (Å²) in [6, 6.07) is 1.01. The average Bonchev–Trinajstić information content (AvgIpc) is 2.25. The van der Waals surface area contributed by atoms with Crippen LogP contribution in [0.2, 0.25) is 0 Å². The number of pyridine rings is 1. The van der Waals surface area contributed by atoms with Crippen LogP contribution in [-0.4, -0.2) is 35.2 Å². The summed E-state index contributed by atoms with van der Waals surface area (Å²) in [5.41, 5.74) is -0.898. The molecule has 0 radical (unpaired) electrons. The van der Waals surface area contributed by atoms with E-state index in [4.69, 9.17) is 5.11 Å². The van der Waals surface area contributed by atoms with Gasteiger partial charge in [0.15, 0.2) is 0 Å². The molecule has 0 unspecified atom stereocenters. The Hall–Kier alpha value is -1.64. The number of carboxylic acids is 1. The molecule has 0 bridgehead atoms. The fourth-order valence-corrected chi connectivity index (χ4v) is 1.49. The third-order valence-electron chi connectivity index (χ3n) is 1.99. The quantitative estimate of drug-likeness (QED) is 0.844. The molecule has 1 N–H and O–H groups in total. The van der Waals surface area contributed by atoms with E-state index in [0.29, 0.717) is 0 Å².